The van der Waals surface area contributed by atoms with Crippen molar-refractivity contribution in [2.45, 2.75) is 26.1 Å². The van der Waals surface area contributed by atoms with Crippen molar-refractivity contribution in [2.24, 2.45) is 0 Å². The number of anilines is 1. The molecule has 2 amide bonds. The Hall–Kier alpha value is -2.61. The van der Waals surface area contributed by atoms with E-state index >= 15 is 0 Å². The Morgan fingerprint density at radius 1 is 1.33 bits per heavy atom. The number of alkyl halides is 2. The molecule has 3 N–H and O–H groups in total. The Bertz CT molecular complexity index is 701. The fourth-order valence-electron chi connectivity index (χ4n) is 2.00. The molecule has 0 saturated carbocycles. The van der Waals surface area contributed by atoms with E-state index in [0.29, 0.717) is 11.5 Å². The van der Waals surface area contributed by atoms with Crippen LogP contribution in [0.5, 0.6) is 5.75 Å². The molecule has 1 atom stereocenters. The summed E-state index contributed by atoms with van der Waals surface area (Å²) in [6.07, 6.45) is 0. The Morgan fingerprint density at radius 2 is 2.04 bits per heavy atom. The van der Waals surface area contributed by atoms with Crippen molar-refractivity contribution < 1.29 is 27.8 Å². The number of urea groups is 1. The van der Waals surface area contributed by atoms with Crippen LogP contribution in [-0.2, 0) is 5.60 Å². The minimum Gasteiger partial charge on any atom is -0.463 e. The van der Waals surface area contributed by atoms with Crippen molar-refractivity contribution in [1.29, 1.82) is 0 Å². The highest BCUT2D eigenvalue weighted by atomic mass is 19.3. The van der Waals surface area contributed by atoms with Gasteiger partial charge in [0, 0.05) is 0 Å². The van der Waals surface area contributed by atoms with E-state index in [1.165, 1.54) is 25.1 Å². The predicted molar refractivity (Wildman–Crippen MR) is 83.1 cm³/mol. The molecule has 0 aliphatic carbocycles. The van der Waals surface area contributed by atoms with Crippen LogP contribution in [0, 0.1) is 6.92 Å². The molecule has 0 saturated heterocycles. The van der Waals surface area contributed by atoms with E-state index in [0.717, 1.165) is 0 Å². The Kier molecular flexibility index (Phi) is 5.40. The number of nitrogens with one attached hydrogen (secondary N) is 2. The molecule has 8 heteroatoms. The number of hydrogen-bond acceptors (Lipinski definition) is 4. The molecule has 1 aromatic carbocycles. The van der Waals surface area contributed by atoms with Crippen LogP contribution in [0.3, 0.4) is 0 Å². The lowest BCUT2D eigenvalue weighted by atomic mass is 10.0. The largest absolute Gasteiger partial charge is 0.463 e. The van der Waals surface area contributed by atoms with E-state index < -0.39 is 18.2 Å². The molecule has 6 nitrogen and oxygen atoms in total. The maximum atomic E-state index is 12.3. The smallest absolute Gasteiger partial charge is 0.387 e. The zero-order valence-electron chi connectivity index (χ0n) is 13.2. The number of carbonyl (C=O) groups is 1. The van der Waals surface area contributed by atoms with Crippen LogP contribution >= 0.6 is 0 Å². The van der Waals surface area contributed by atoms with Gasteiger partial charge in [0.15, 0.2) is 0 Å². The van der Waals surface area contributed by atoms with Gasteiger partial charge in [0.05, 0.1) is 12.2 Å². The van der Waals surface area contributed by atoms with Crippen LogP contribution in [0.1, 0.15) is 18.4 Å². The van der Waals surface area contributed by atoms with Crippen molar-refractivity contribution in [3.8, 4) is 5.75 Å². The van der Waals surface area contributed by atoms with Crippen LogP contribution in [0.25, 0.3) is 0 Å². The molecular weight excluding hydrogens is 322 g/mol. The minimum absolute atomic E-state index is 0.0868. The average Bonchev–Trinajstić information content (AvgIpc) is 2.94. The van der Waals surface area contributed by atoms with Gasteiger partial charge in [0.2, 0.25) is 0 Å². The highest BCUT2D eigenvalue weighted by molar-refractivity contribution is 5.90. The van der Waals surface area contributed by atoms with Crippen molar-refractivity contribution in [2.75, 3.05) is 11.9 Å². The average molecular weight is 340 g/mol. The number of halogens is 2. The maximum absolute atomic E-state index is 12.3. The number of benzene rings is 1. The fraction of sp³-hybridized carbons (Fsp3) is 0.312. The van der Waals surface area contributed by atoms with Crippen molar-refractivity contribution >= 4 is 11.7 Å². The molecule has 0 radical (unpaired) electrons. The summed E-state index contributed by atoms with van der Waals surface area (Å²) in [5.74, 6) is 0.783. The molecule has 0 aliphatic heterocycles. The molecule has 1 aromatic heterocycles. The Labute approximate surface area is 137 Å². The zero-order chi connectivity index (χ0) is 17.7. The quantitative estimate of drug-likeness (QED) is 0.754. The van der Waals surface area contributed by atoms with E-state index in [9.17, 15) is 18.7 Å². The second-order valence-corrected chi connectivity index (χ2v) is 5.37. The first-order valence-corrected chi connectivity index (χ1v) is 7.16. The van der Waals surface area contributed by atoms with Gasteiger partial charge in [-0.3, -0.25) is 0 Å². The number of hydrogen-bond donors (Lipinski definition) is 3. The number of carbonyl (C=O) groups excluding carboxylic acids is 1. The van der Waals surface area contributed by atoms with E-state index in [2.05, 4.69) is 15.4 Å². The lowest BCUT2D eigenvalue weighted by Crippen LogP contribution is -2.40. The summed E-state index contributed by atoms with van der Waals surface area (Å²) in [6.45, 7) is 0.0851. The standard InChI is InChI=1S/C16H18F2N2O4/c1-10-7-8-13(23-10)16(2,22)9-19-15(21)20-11-5-3-4-6-12(11)24-14(17)18/h3-8,14,22H,9H2,1-2H3,(H2,19,20,21). The third kappa shape index (κ3) is 4.69. The highest BCUT2D eigenvalue weighted by Crippen LogP contribution is 2.25. The molecule has 1 heterocycles. The maximum Gasteiger partial charge on any atom is 0.387 e. The van der Waals surface area contributed by atoms with Gasteiger partial charge in [-0.05, 0) is 38.1 Å². The van der Waals surface area contributed by atoms with Crippen LogP contribution in [0.4, 0.5) is 19.3 Å². The number of aliphatic hydroxyl groups is 1. The van der Waals surface area contributed by atoms with E-state index in [1.54, 1.807) is 25.1 Å². The lowest BCUT2D eigenvalue weighted by molar-refractivity contribution is -0.0493. The first-order chi connectivity index (χ1) is 11.3. The van der Waals surface area contributed by atoms with Crippen LogP contribution in [0.2, 0.25) is 0 Å². The molecule has 2 rings (SSSR count). The van der Waals surface area contributed by atoms with Gasteiger partial charge in [-0.1, -0.05) is 12.1 Å². The lowest BCUT2D eigenvalue weighted by Gasteiger charge is -2.21. The number of aryl methyl sites for hydroxylation is 1. The number of para-hydroxylation sites is 2. The summed E-state index contributed by atoms with van der Waals surface area (Å²) in [5.41, 5.74) is -1.33. The van der Waals surface area contributed by atoms with Crippen LogP contribution < -0.4 is 15.4 Å². The van der Waals surface area contributed by atoms with Gasteiger partial charge in [0.25, 0.3) is 0 Å². The van der Waals surface area contributed by atoms with E-state index in [4.69, 9.17) is 4.42 Å². The van der Waals surface area contributed by atoms with Crippen LogP contribution in [0.15, 0.2) is 40.8 Å². The van der Waals surface area contributed by atoms with Gasteiger partial charge >= 0.3 is 12.6 Å². The van der Waals surface area contributed by atoms with Gasteiger partial charge < -0.3 is 24.9 Å². The monoisotopic (exact) mass is 340 g/mol. The molecule has 0 spiro atoms. The summed E-state index contributed by atoms with van der Waals surface area (Å²) in [6, 6.07) is 8.43. The number of rotatable bonds is 6. The molecule has 130 valence electrons. The minimum atomic E-state index is -3.00. The van der Waals surface area contributed by atoms with Gasteiger partial charge in [-0.15, -0.1) is 0 Å². The second-order valence-electron chi connectivity index (χ2n) is 5.37. The van der Waals surface area contributed by atoms with Crippen molar-refractivity contribution in [3.05, 3.63) is 47.9 Å². The third-order valence-electron chi connectivity index (χ3n) is 3.22. The summed E-state index contributed by atoms with van der Waals surface area (Å²) in [7, 11) is 0. The molecule has 24 heavy (non-hydrogen) atoms. The number of ether oxygens (including phenoxy) is 1. The fourth-order valence-corrected chi connectivity index (χ4v) is 2.00. The number of furan rings is 1. The normalized spacial score (nSPS) is 13.4. The Balaban J connectivity index is 1.96. The predicted octanol–water partition coefficient (Wildman–Crippen LogP) is 3.22. The first kappa shape index (κ1) is 17.7. The van der Waals surface area contributed by atoms with Gasteiger partial charge in [0.1, 0.15) is 22.9 Å². The topological polar surface area (TPSA) is 83.7 Å². The number of amides is 2. The van der Waals surface area contributed by atoms with Crippen molar-refractivity contribution in [3.63, 3.8) is 0 Å². The molecule has 2 aromatic rings. The summed E-state index contributed by atoms with van der Waals surface area (Å²) >= 11 is 0. The summed E-state index contributed by atoms with van der Waals surface area (Å²) < 4.78 is 34.3. The van der Waals surface area contributed by atoms with Crippen LogP contribution in [-0.4, -0.2) is 24.3 Å². The van der Waals surface area contributed by atoms with Crippen molar-refractivity contribution in [1.82, 2.24) is 5.32 Å². The molecular formula is C16H18F2N2O4. The SMILES string of the molecule is Cc1ccc(C(C)(O)CNC(=O)Nc2ccccc2OC(F)F)o1. The molecule has 0 aliphatic rings. The summed E-state index contributed by atoms with van der Waals surface area (Å²) in [4.78, 5) is 11.9. The summed E-state index contributed by atoms with van der Waals surface area (Å²) in [5, 5.41) is 15.2. The molecule has 0 fully saturated rings. The first-order valence-electron chi connectivity index (χ1n) is 7.16. The highest BCUT2D eigenvalue weighted by Gasteiger charge is 2.27. The van der Waals surface area contributed by atoms with E-state index in [-0.39, 0.29) is 18.0 Å². The third-order valence-corrected chi connectivity index (χ3v) is 3.22. The molecule has 1 unspecified atom stereocenters. The second kappa shape index (κ2) is 7.31. The molecule has 0 bridgehead atoms. The zero-order valence-corrected chi connectivity index (χ0v) is 13.2. The van der Waals surface area contributed by atoms with Gasteiger partial charge in [-0.25, -0.2) is 4.79 Å². The Morgan fingerprint density at radius 3 is 2.67 bits per heavy atom. The van der Waals surface area contributed by atoms with E-state index in [1.807, 2.05) is 0 Å². The van der Waals surface area contributed by atoms with Gasteiger partial charge in [-0.2, -0.15) is 8.78 Å².